The minimum atomic E-state index is 0.319. The molecule has 1 aromatic rings. The molecule has 2 saturated carbocycles. The van der Waals surface area contributed by atoms with E-state index in [4.69, 9.17) is 12.2 Å². The molecule has 0 bridgehead atoms. The third-order valence-electron chi connectivity index (χ3n) is 5.75. The van der Waals surface area contributed by atoms with Crippen LogP contribution in [0.15, 0.2) is 0 Å². The Bertz CT molecular complexity index is 631. The second-order valence-corrected chi connectivity index (χ2v) is 7.84. The highest BCUT2D eigenvalue weighted by Gasteiger charge is 2.47. The molecule has 0 spiro atoms. The maximum absolute atomic E-state index is 13.1. The van der Waals surface area contributed by atoms with E-state index in [1.54, 1.807) is 0 Å². The fraction of sp³-hybridized carbons (Fsp3) is 0.824. The molecule has 1 atom stereocenters. The average molecular weight is 334 g/mol. The van der Waals surface area contributed by atoms with E-state index in [1.165, 1.54) is 25.7 Å². The standard InChI is InChI=1S/C17H26N4OS/c1-2-21-15(18-19-17(21)23)13-4-3-9-20(10-13)16(22)14(11-5-6-11)12-7-8-12/h11-14H,2-10H2,1H3,(H,19,23)/t13-/m0/s1. The van der Waals surface area contributed by atoms with Gasteiger partial charge in [0.1, 0.15) is 5.82 Å². The number of nitrogens with zero attached hydrogens (tertiary/aromatic N) is 3. The Morgan fingerprint density at radius 3 is 2.61 bits per heavy atom. The van der Waals surface area contributed by atoms with Crippen LogP contribution in [-0.4, -0.2) is 38.7 Å². The van der Waals surface area contributed by atoms with Gasteiger partial charge in [0.05, 0.1) is 0 Å². The number of likely N-dealkylation sites (tertiary alicyclic amines) is 1. The van der Waals surface area contributed by atoms with Crippen LogP contribution in [0.1, 0.15) is 57.2 Å². The lowest BCUT2D eigenvalue weighted by atomic mass is 9.92. The van der Waals surface area contributed by atoms with E-state index in [1.807, 2.05) is 0 Å². The second kappa shape index (κ2) is 6.04. The van der Waals surface area contributed by atoms with Crippen molar-refractivity contribution >= 4 is 18.1 Å². The quantitative estimate of drug-likeness (QED) is 0.842. The Kier molecular flexibility index (Phi) is 4.03. The van der Waals surface area contributed by atoms with E-state index < -0.39 is 0 Å². The summed E-state index contributed by atoms with van der Waals surface area (Å²) in [6, 6.07) is 0. The summed E-state index contributed by atoms with van der Waals surface area (Å²) in [4.78, 5) is 15.2. The van der Waals surface area contributed by atoms with Gasteiger partial charge in [-0.2, -0.15) is 5.10 Å². The minimum Gasteiger partial charge on any atom is -0.342 e. The number of amides is 1. The first kappa shape index (κ1) is 15.4. The number of carbonyl (C=O) groups excluding carboxylic acids is 1. The number of hydrogen-bond acceptors (Lipinski definition) is 3. The van der Waals surface area contributed by atoms with Gasteiger partial charge in [0.25, 0.3) is 0 Å². The van der Waals surface area contributed by atoms with Gasteiger partial charge >= 0.3 is 0 Å². The molecule has 1 saturated heterocycles. The van der Waals surface area contributed by atoms with E-state index in [0.717, 1.165) is 38.3 Å². The maximum Gasteiger partial charge on any atom is 0.226 e. The third-order valence-corrected chi connectivity index (χ3v) is 6.06. The minimum absolute atomic E-state index is 0.319. The molecule has 6 heteroatoms. The predicted octanol–water partition coefficient (Wildman–Crippen LogP) is 3.10. The molecular formula is C17H26N4OS. The predicted molar refractivity (Wildman–Crippen MR) is 90.6 cm³/mol. The largest absolute Gasteiger partial charge is 0.342 e. The van der Waals surface area contributed by atoms with Crippen molar-refractivity contribution in [1.82, 2.24) is 19.7 Å². The van der Waals surface area contributed by atoms with Crippen molar-refractivity contribution in [1.29, 1.82) is 0 Å². The van der Waals surface area contributed by atoms with Crippen molar-refractivity contribution in [3.8, 4) is 0 Å². The fourth-order valence-corrected chi connectivity index (χ4v) is 4.51. The summed E-state index contributed by atoms with van der Waals surface area (Å²) in [6.07, 6.45) is 7.22. The number of aromatic nitrogens is 3. The van der Waals surface area contributed by atoms with Crippen molar-refractivity contribution in [2.45, 2.75) is 57.9 Å². The Balaban J connectivity index is 1.50. The molecule has 0 aromatic carbocycles. The van der Waals surface area contributed by atoms with Gasteiger partial charge in [-0.25, -0.2) is 0 Å². The summed E-state index contributed by atoms with van der Waals surface area (Å²) in [5, 5.41) is 7.37. The molecule has 5 nitrogen and oxygen atoms in total. The van der Waals surface area contributed by atoms with Gasteiger partial charge in [0, 0.05) is 31.5 Å². The Labute approximate surface area is 142 Å². The summed E-state index contributed by atoms with van der Waals surface area (Å²) in [7, 11) is 0. The number of carbonyl (C=O) groups is 1. The SMILES string of the molecule is CCn1c([C@H]2CCCN(C(=O)C(C3CC3)C3CC3)C2)n[nH]c1=S. The van der Waals surface area contributed by atoms with Gasteiger partial charge in [-0.15, -0.1) is 0 Å². The first-order valence-corrected chi connectivity index (χ1v) is 9.53. The van der Waals surface area contributed by atoms with E-state index in [9.17, 15) is 4.79 Å². The Hall–Kier alpha value is -1.17. The van der Waals surface area contributed by atoms with Crippen LogP contribution in [0.3, 0.4) is 0 Å². The van der Waals surface area contributed by atoms with E-state index in [-0.39, 0.29) is 0 Å². The molecule has 126 valence electrons. The average Bonchev–Trinajstić information content (AvgIpc) is 3.48. The summed E-state index contributed by atoms with van der Waals surface area (Å²) < 4.78 is 2.77. The number of hydrogen-bond donors (Lipinski definition) is 1. The van der Waals surface area contributed by atoms with Crippen molar-refractivity contribution in [2.75, 3.05) is 13.1 Å². The number of piperidine rings is 1. The van der Waals surface area contributed by atoms with Crippen LogP contribution in [0.2, 0.25) is 0 Å². The summed E-state index contributed by atoms with van der Waals surface area (Å²) in [5.41, 5.74) is 0. The lowest BCUT2D eigenvalue weighted by Gasteiger charge is -2.35. The highest BCUT2D eigenvalue weighted by atomic mass is 32.1. The number of H-pyrrole nitrogens is 1. The maximum atomic E-state index is 13.1. The number of nitrogens with one attached hydrogen (secondary N) is 1. The van der Waals surface area contributed by atoms with Gasteiger partial charge < -0.3 is 9.47 Å². The van der Waals surface area contributed by atoms with Gasteiger partial charge in [-0.1, -0.05) is 0 Å². The summed E-state index contributed by atoms with van der Waals surface area (Å²) in [6.45, 7) is 4.66. The molecule has 23 heavy (non-hydrogen) atoms. The van der Waals surface area contributed by atoms with Crippen LogP contribution in [0, 0.1) is 22.5 Å². The zero-order chi connectivity index (χ0) is 16.0. The molecule has 2 aliphatic carbocycles. The van der Waals surface area contributed by atoms with Gasteiger partial charge in [-0.3, -0.25) is 9.89 Å². The smallest absolute Gasteiger partial charge is 0.226 e. The fourth-order valence-electron chi connectivity index (χ4n) is 4.24. The second-order valence-electron chi connectivity index (χ2n) is 7.46. The van der Waals surface area contributed by atoms with Gasteiger partial charge in [0.15, 0.2) is 4.77 Å². The van der Waals surface area contributed by atoms with Crippen molar-refractivity contribution in [2.24, 2.45) is 17.8 Å². The molecule has 1 aromatic heterocycles. The number of aromatic amines is 1. The summed E-state index contributed by atoms with van der Waals surface area (Å²) >= 11 is 5.31. The molecule has 1 aliphatic heterocycles. The summed E-state index contributed by atoms with van der Waals surface area (Å²) in [5.74, 6) is 3.46. The Morgan fingerprint density at radius 2 is 2.00 bits per heavy atom. The molecule has 4 rings (SSSR count). The van der Waals surface area contributed by atoms with Crippen molar-refractivity contribution < 1.29 is 4.79 Å². The Morgan fingerprint density at radius 1 is 1.30 bits per heavy atom. The zero-order valence-electron chi connectivity index (χ0n) is 13.8. The molecule has 3 fully saturated rings. The molecule has 0 radical (unpaired) electrons. The first-order chi connectivity index (χ1) is 11.2. The van der Waals surface area contributed by atoms with Crippen LogP contribution in [0.4, 0.5) is 0 Å². The highest BCUT2D eigenvalue weighted by Crippen LogP contribution is 2.50. The molecule has 3 aliphatic rings. The van der Waals surface area contributed by atoms with Crippen LogP contribution in [-0.2, 0) is 11.3 Å². The van der Waals surface area contributed by atoms with Crippen LogP contribution in [0.25, 0.3) is 0 Å². The first-order valence-electron chi connectivity index (χ1n) is 9.13. The van der Waals surface area contributed by atoms with Gasteiger partial charge in [-0.05, 0) is 69.5 Å². The highest BCUT2D eigenvalue weighted by molar-refractivity contribution is 7.71. The number of rotatable bonds is 5. The van der Waals surface area contributed by atoms with Crippen LogP contribution in [0.5, 0.6) is 0 Å². The molecular weight excluding hydrogens is 308 g/mol. The van der Waals surface area contributed by atoms with Crippen LogP contribution < -0.4 is 0 Å². The third kappa shape index (κ3) is 2.97. The topological polar surface area (TPSA) is 53.9 Å². The van der Waals surface area contributed by atoms with E-state index in [2.05, 4.69) is 26.6 Å². The van der Waals surface area contributed by atoms with Crippen molar-refractivity contribution in [3.05, 3.63) is 10.6 Å². The van der Waals surface area contributed by atoms with E-state index in [0.29, 0.717) is 34.3 Å². The van der Waals surface area contributed by atoms with Crippen molar-refractivity contribution in [3.63, 3.8) is 0 Å². The zero-order valence-corrected chi connectivity index (χ0v) is 14.6. The van der Waals surface area contributed by atoms with Gasteiger partial charge in [0.2, 0.25) is 5.91 Å². The monoisotopic (exact) mass is 334 g/mol. The molecule has 1 N–H and O–H groups in total. The molecule has 2 heterocycles. The normalized spacial score (nSPS) is 25.1. The lowest BCUT2D eigenvalue weighted by molar-refractivity contribution is -0.138. The van der Waals surface area contributed by atoms with E-state index >= 15 is 0 Å². The lowest BCUT2D eigenvalue weighted by Crippen LogP contribution is -2.44. The molecule has 1 amide bonds. The van der Waals surface area contributed by atoms with Crippen LogP contribution >= 0.6 is 12.2 Å². The molecule has 0 unspecified atom stereocenters.